The minimum absolute atomic E-state index is 0.208. The van der Waals surface area contributed by atoms with E-state index in [1.165, 1.54) is 0 Å². The number of amides is 1. The van der Waals surface area contributed by atoms with E-state index in [1.54, 1.807) is 48.5 Å². The largest absolute Gasteiger partial charge is 0.508 e. The zero-order valence-electron chi connectivity index (χ0n) is 11.4. The number of aromatic hydroxyl groups is 1. The second-order valence-corrected chi connectivity index (χ2v) is 4.42. The van der Waals surface area contributed by atoms with Crippen LogP contribution >= 0.6 is 0 Å². The van der Waals surface area contributed by atoms with Gasteiger partial charge in [0.2, 0.25) is 5.91 Å². The summed E-state index contributed by atoms with van der Waals surface area (Å²) in [5, 5.41) is 17.8. The van der Waals surface area contributed by atoms with E-state index in [2.05, 4.69) is 16.8 Å². The number of rotatable bonds is 5. The molecule has 0 aliphatic rings. The molecule has 2 aromatic rings. The van der Waals surface area contributed by atoms with Gasteiger partial charge in [0.05, 0.1) is 11.4 Å². The van der Waals surface area contributed by atoms with Gasteiger partial charge in [-0.1, -0.05) is 6.08 Å². The van der Waals surface area contributed by atoms with Crippen LogP contribution in [0.15, 0.2) is 65.3 Å². The molecule has 0 aliphatic carbocycles. The molecule has 0 atom stereocenters. The second-order valence-electron chi connectivity index (χ2n) is 4.42. The zero-order valence-corrected chi connectivity index (χ0v) is 11.4. The van der Waals surface area contributed by atoms with Crippen molar-refractivity contribution in [3.8, 4) is 5.75 Å². The first kappa shape index (κ1) is 14.5. The van der Waals surface area contributed by atoms with Crippen molar-refractivity contribution in [2.24, 2.45) is 16.0 Å². The number of carbonyl (C=O) groups is 1. The predicted octanol–water partition coefficient (Wildman–Crippen LogP) is 3.64. The Bertz CT molecular complexity index is 691. The van der Waals surface area contributed by atoms with Crippen LogP contribution in [-0.2, 0) is 6.42 Å². The molecule has 0 spiro atoms. The molecule has 2 rings (SSSR count). The average molecular weight is 281 g/mol. The molecule has 0 saturated carbocycles. The Morgan fingerprint density at radius 3 is 2.38 bits per heavy atom. The molecule has 21 heavy (non-hydrogen) atoms. The Kier molecular flexibility index (Phi) is 4.46. The van der Waals surface area contributed by atoms with Gasteiger partial charge in [0, 0.05) is 5.56 Å². The first-order valence-electron chi connectivity index (χ1n) is 6.34. The number of phenols is 1. The second kappa shape index (κ2) is 6.47. The summed E-state index contributed by atoms with van der Waals surface area (Å²) >= 11 is 0. The fourth-order valence-electron chi connectivity index (χ4n) is 1.76. The molecular formula is C16H15N3O2. The molecule has 0 bridgehead atoms. The van der Waals surface area contributed by atoms with Crippen molar-refractivity contribution < 1.29 is 9.90 Å². The Morgan fingerprint density at radius 2 is 1.76 bits per heavy atom. The summed E-state index contributed by atoms with van der Waals surface area (Å²) in [5.74, 6) is -0.272. The molecule has 0 saturated heterocycles. The molecule has 3 N–H and O–H groups in total. The lowest BCUT2D eigenvalue weighted by Gasteiger charge is -2.02. The Balaban J connectivity index is 2.18. The van der Waals surface area contributed by atoms with Crippen molar-refractivity contribution in [1.82, 2.24) is 0 Å². The molecule has 5 nitrogen and oxygen atoms in total. The van der Waals surface area contributed by atoms with Gasteiger partial charge in [-0.05, 0) is 54.4 Å². The van der Waals surface area contributed by atoms with Crippen LogP contribution in [-0.4, -0.2) is 11.0 Å². The van der Waals surface area contributed by atoms with E-state index in [0.29, 0.717) is 23.4 Å². The van der Waals surface area contributed by atoms with Gasteiger partial charge in [-0.2, -0.15) is 10.2 Å². The van der Waals surface area contributed by atoms with Gasteiger partial charge in [0.25, 0.3) is 0 Å². The molecular weight excluding hydrogens is 266 g/mol. The van der Waals surface area contributed by atoms with Crippen LogP contribution in [0.1, 0.15) is 15.9 Å². The van der Waals surface area contributed by atoms with Gasteiger partial charge < -0.3 is 10.8 Å². The van der Waals surface area contributed by atoms with E-state index < -0.39 is 5.91 Å². The SMILES string of the molecule is C=CCc1cc(N=Nc2ccc(C(N)=O)cc2)ccc1O. The van der Waals surface area contributed by atoms with Gasteiger partial charge in [0.15, 0.2) is 0 Å². The Morgan fingerprint density at radius 1 is 1.14 bits per heavy atom. The number of hydrogen-bond donors (Lipinski definition) is 2. The van der Waals surface area contributed by atoms with Gasteiger partial charge in [-0.15, -0.1) is 6.58 Å². The van der Waals surface area contributed by atoms with Crippen LogP contribution < -0.4 is 5.73 Å². The van der Waals surface area contributed by atoms with Crippen LogP contribution in [0.5, 0.6) is 5.75 Å². The van der Waals surface area contributed by atoms with E-state index in [0.717, 1.165) is 5.56 Å². The highest BCUT2D eigenvalue weighted by atomic mass is 16.3. The van der Waals surface area contributed by atoms with Gasteiger partial charge >= 0.3 is 0 Å². The third-order valence-corrected chi connectivity index (χ3v) is 2.86. The van der Waals surface area contributed by atoms with Crippen molar-refractivity contribution >= 4 is 17.3 Å². The lowest BCUT2D eigenvalue weighted by atomic mass is 10.1. The highest BCUT2D eigenvalue weighted by molar-refractivity contribution is 5.92. The van der Waals surface area contributed by atoms with Crippen LogP contribution in [0, 0.1) is 0 Å². The van der Waals surface area contributed by atoms with E-state index in [1.807, 2.05) is 0 Å². The third-order valence-electron chi connectivity index (χ3n) is 2.86. The smallest absolute Gasteiger partial charge is 0.248 e. The maximum absolute atomic E-state index is 11.0. The molecule has 0 aliphatic heterocycles. The molecule has 5 heteroatoms. The van der Waals surface area contributed by atoms with Crippen molar-refractivity contribution in [1.29, 1.82) is 0 Å². The summed E-state index contributed by atoms with van der Waals surface area (Å²) in [4.78, 5) is 11.0. The van der Waals surface area contributed by atoms with Crippen LogP contribution in [0.3, 0.4) is 0 Å². The summed E-state index contributed by atoms with van der Waals surface area (Å²) in [6.45, 7) is 3.64. The van der Waals surface area contributed by atoms with Crippen molar-refractivity contribution in [2.75, 3.05) is 0 Å². The number of hydrogen-bond acceptors (Lipinski definition) is 4. The Labute approximate surface area is 122 Å². The molecule has 106 valence electrons. The lowest BCUT2D eigenvalue weighted by Crippen LogP contribution is -2.10. The molecule has 0 heterocycles. The van der Waals surface area contributed by atoms with Gasteiger partial charge in [-0.3, -0.25) is 4.79 Å². The van der Waals surface area contributed by atoms with Crippen molar-refractivity contribution in [3.05, 3.63) is 66.2 Å². The summed E-state index contributed by atoms with van der Waals surface area (Å²) in [6, 6.07) is 11.5. The van der Waals surface area contributed by atoms with E-state index >= 15 is 0 Å². The van der Waals surface area contributed by atoms with E-state index in [4.69, 9.17) is 5.73 Å². The molecule has 0 fully saturated rings. The first-order chi connectivity index (χ1) is 10.1. The standard InChI is InChI=1S/C16H15N3O2/c1-2-3-12-10-14(8-9-15(12)20)19-18-13-6-4-11(5-7-13)16(17)21/h2,4-10,20H,1,3H2,(H2,17,21). The third kappa shape index (κ3) is 3.76. The minimum atomic E-state index is -0.480. The van der Waals surface area contributed by atoms with Crippen LogP contribution in [0.25, 0.3) is 0 Å². The molecule has 0 radical (unpaired) electrons. The molecule has 0 unspecified atom stereocenters. The average Bonchev–Trinajstić information content (AvgIpc) is 2.48. The van der Waals surface area contributed by atoms with Crippen LogP contribution in [0.2, 0.25) is 0 Å². The summed E-state index contributed by atoms with van der Waals surface area (Å²) in [5.41, 5.74) is 7.57. The highest BCUT2D eigenvalue weighted by Gasteiger charge is 2.01. The topological polar surface area (TPSA) is 88.0 Å². The Hall–Kier alpha value is -2.95. The maximum Gasteiger partial charge on any atom is 0.248 e. The van der Waals surface area contributed by atoms with E-state index in [-0.39, 0.29) is 5.75 Å². The number of nitrogens with two attached hydrogens (primary N) is 1. The van der Waals surface area contributed by atoms with Crippen molar-refractivity contribution in [3.63, 3.8) is 0 Å². The van der Waals surface area contributed by atoms with Gasteiger partial charge in [0.1, 0.15) is 5.75 Å². The minimum Gasteiger partial charge on any atom is -0.508 e. The number of phenolic OH excluding ortho intramolecular Hbond substituents is 1. The monoisotopic (exact) mass is 281 g/mol. The fourth-order valence-corrected chi connectivity index (χ4v) is 1.76. The number of carbonyl (C=O) groups excluding carboxylic acids is 1. The normalized spacial score (nSPS) is 10.7. The molecule has 2 aromatic carbocycles. The lowest BCUT2D eigenvalue weighted by molar-refractivity contribution is 0.100. The summed E-state index contributed by atoms with van der Waals surface area (Å²) in [6.07, 6.45) is 2.26. The fraction of sp³-hybridized carbons (Fsp3) is 0.0625. The predicted molar refractivity (Wildman–Crippen MR) is 81.1 cm³/mol. The summed E-state index contributed by atoms with van der Waals surface area (Å²) < 4.78 is 0. The number of primary amides is 1. The summed E-state index contributed by atoms with van der Waals surface area (Å²) in [7, 11) is 0. The number of nitrogens with zero attached hydrogens (tertiary/aromatic N) is 2. The quantitative estimate of drug-likeness (QED) is 0.647. The first-order valence-corrected chi connectivity index (χ1v) is 6.34. The molecule has 1 amide bonds. The number of benzene rings is 2. The van der Waals surface area contributed by atoms with Crippen molar-refractivity contribution in [2.45, 2.75) is 6.42 Å². The molecule has 0 aromatic heterocycles. The van der Waals surface area contributed by atoms with E-state index in [9.17, 15) is 9.90 Å². The number of allylic oxidation sites excluding steroid dienone is 1. The van der Waals surface area contributed by atoms with Gasteiger partial charge in [-0.25, -0.2) is 0 Å². The zero-order chi connectivity index (χ0) is 15.2. The number of azo groups is 1. The van der Waals surface area contributed by atoms with Crippen LogP contribution in [0.4, 0.5) is 11.4 Å². The highest BCUT2D eigenvalue weighted by Crippen LogP contribution is 2.25. The maximum atomic E-state index is 11.0.